The van der Waals surface area contributed by atoms with Crippen LogP contribution in [0.25, 0.3) is 0 Å². The van der Waals surface area contributed by atoms with E-state index in [1.807, 2.05) is 32.0 Å². The third-order valence-corrected chi connectivity index (χ3v) is 3.83. The maximum atomic E-state index is 12.2. The molecule has 5 heteroatoms. The van der Waals surface area contributed by atoms with E-state index in [9.17, 15) is 4.79 Å². The topological polar surface area (TPSA) is 64.4 Å². The van der Waals surface area contributed by atoms with Crippen molar-refractivity contribution in [1.29, 1.82) is 0 Å². The highest BCUT2D eigenvalue weighted by Crippen LogP contribution is 2.26. The molecule has 1 N–H and O–H groups in total. The molecule has 0 aliphatic carbocycles. The summed E-state index contributed by atoms with van der Waals surface area (Å²) in [6.07, 6.45) is 3.18. The van der Waals surface area contributed by atoms with Crippen molar-refractivity contribution in [2.24, 2.45) is 0 Å². The zero-order valence-corrected chi connectivity index (χ0v) is 12.8. The average molecular weight is 300 g/mol. The second-order valence-electron chi connectivity index (χ2n) is 5.82. The van der Waals surface area contributed by atoms with E-state index in [2.05, 4.69) is 16.4 Å². The number of nitrogens with one attached hydrogen (secondary N) is 1. The molecule has 0 bridgehead atoms. The van der Waals surface area contributed by atoms with Gasteiger partial charge in [0.05, 0.1) is 6.54 Å². The summed E-state index contributed by atoms with van der Waals surface area (Å²) in [5, 5.41) is 2.89. The number of carbonyl (C=O) groups is 1. The van der Waals surface area contributed by atoms with Crippen molar-refractivity contribution >= 4 is 5.91 Å². The molecule has 2 aromatic rings. The lowest BCUT2D eigenvalue weighted by Gasteiger charge is -2.26. The second-order valence-corrected chi connectivity index (χ2v) is 5.82. The molecule has 1 aliphatic heterocycles. The quantitative estimate of drug-likeness (QED) is 0.943. The van der Waals surface area contributed by atoms with E-state index in [1.165, 1.54) is 12.0 Å². The van der Waals surface area contributed by atoms with Gasteiger partial charge >= 0.3 is 0 Å². The summed E-state index contributed by atoms with van der Waals surface area (Å²) in [5.74, 6) is 1.45. The predicted molar refractivity (Wildman–Crippen MR) is 82.1 cm³/mol. The van der Waals surface area contributed by atoms with E-state index in [-0.39, 0.29) is 17.9 Å². The van der Waals surface area contributed by atoms with Gasteiger partial charge in [0.2, 0.25) is 0 Å². The number of nitrogens with zero attached hydrogens (tertiary/aromatic N) is 1. The number of oxazole rings is 1. The smallest absolute Gasteiger partial charge is 0.273 e. The van der Waals surface area contributed by atoms with Crippen molar-refractivity contribution in [3.63, 3.8) is 0 Å². The van der Waals surface area contributed by atoms with E-state index >= 15 is 0 Å². The molecule has 0 fully saturated rings. The minimum Gasteiger partial charge on any atom is -0.488 e. The van der Waals surface area contributed by atoms with Gasteiger partial charge in [0.25, 0.3) is 5.91 Å². The van der Waals surface area contributed by atoms with Crippen LogP contribution >= 0.6 is 0 Å². The first kappa shape index (κ1) is 14.6. The first-order valence-corrected chi connectivity index (χ1v) is 7.61. The molecule has 22 heavy (non-hydrogen) atoms. The third kappa shape index (κ3) is 2.98. The van der Waals surface area contributed by atoms with Crippen molar-refractivity contribution in [2.45, 2.75) is 38.7 Å². The number of amides is 1. The summed E-state index contributed by atoms with van der Waals surface area (Å²) in [6.45, 7) is 4.41. The zero-order valence-electron chi connectivity index (χ0n) is 12.8. The molecule has 1 atom stereocenters. The van der Waals surface area contributed by atoms with Crippen LogP contribution in [0.2, 0.25) is 0 Å². The Balaban J connectivity index is 1.59. The Morgan fingerprint density at radius 2 is 2.23 bits per heavy atom. The van der Waals surface area contributed by atoms with E-state index in [1.54, 1.807) is 0 Å². The number of hydrogen-bond donors (Lipinski definition) is 1. The normalized spacial score (nSPS) is 17.0. The van der Waals surface area contributed by atoms with Crippen LogP contribution in [0, 0.1) is 0 Å². The number of ether oxygens (including phenoxy) is 1. The van der Waals surface area contributed by atoms with Crippen molar-refractivity contribution in [1.82, 2.24) is 10.3 Å². The molecule has 5 nitrogen and oxygen atoms in total. The number of hydrogen-bond acceptors (Lipinski definition) is 4. The molecule has 0 radical (unpaired) electrons. The Bertz CT molecular complexity index is 663. The number of fused-ring (bicyclic) bond motifs is 1. The van der Waals surface area contributed by atoms with Gasteiger partial charge in [0.15, 0.2) is 12.1 Å². The Labute approximate surface area is 129 Å². The fourth-order valence-corrected chi connectivity index (χ4v) is 2.65. The molecular formula is C17H20N2O3. The van der Waals surface area contributed by atoms with E-state index in [0.29, 0.717) is 18.0 Å². The highest BCUT2D eigenvalue weighted by atomic mass is 16.5. The van der Waals surface area contributed by atoms with Crippen LogP contribution in [0.4, 0.5) is 0 Å². The van der Waals surface area contributed by atoms with Gasteiger partial charge in [-0.25, -0.2) is 4.98 Å². The maximum Gasteiger partial charge on any atom is 0.273 e. The first-order valence-electron chi connectivity index (χ1n) is 7.61. The van der Waals surface area contributed by atoms with Crippen molar-refractivity contribution in [3.05, 3.63) is 47.7 Å². The molecule has 1 aromatic carbocycles. The van der Waals surface area contributed by atoms with Gasteiger partial charge in [-0.1, -0.05) is 32.0 Å². The summed E-state index contributed by atoms with van der Waals surface area (Å²) in [7, 11) is 0. The molecule has 116 valence electrons. The van der Waals surface area contributed by atoms with Crippen molar-refractivity contribution in [2.75, 3.05) is 6.54 Å². The largest absolute Gasteiger partial charge is 0.488 e. The highest BCUT2D eigenvalue weighted by Gasteiger charge is 2.23. The van der Waals surface area contributed by atoms with Crippen molar-refractivity contribution < 1.29 is 13.9 Å². The molecule has 1 aromatic heterocycles. The minimum atomic E-state index is -0.208. The summed E-state index contributed by atoms with van der Waals surface area (Å²) in [4.78, 5) is 16.2. The number of aromatic nitrogens is 1. The van der Waals surface area contributed by atoms with E-state index < -0.39 is 0 Å². The minimum absolute atomic E-state index is 0.00625. The molecule has 2 heterocycles. The first-order chi connectivity index (χ1) is 10.6. The summed E-state index contributed by atoms with van der Waals surface area (Å²) >= 11 is 0. The SMILES string of the molecule is CC(C)c1ocnc1C(=O)NC[C@H]1CCc2ccccc2O1. The Morgan fingerprint density at radius 3 is 3.05 bits per heavy atom. The fraction of sp³-hybridized carbons (Fsp3) is 0.412. The lowest BCUT2D eigenvalue weighted by molar-refractivity contribution is 0.0911. The van der Waals surface area contributed by atoms with Crippen LogP contribution < -0.4 is 10.1 Å². The predicted octanol–water partition coefficient (Wildman–Crippen LogP) is 2.92. The zero-order chi connectivity index (χ0) is 15.5. The molecule has 1 aliphatic rings. The van der Waals surface area contributed by atoms with E-state index in [0.717, 1.165) is 18.6 Å². The Morgan fingerprint density at radius 1 is 1.41 bits per heavy atom. The van der Waals surface area contributed by atoms with Gasteiger partial charge in [0, 0.05) is 5.92 Å². The van der Waals surface area contributed by atoms with Crippen molar-refractivity contribution in [3.8, 4) is 5.75 Å². The molecule has 0 saturated heterocycles. The molecular weight excluding hydrogens is 280 g/mol. The number of carbonyl (C=O) groups excluding carboxylic acids is 1. The number of para-hydroxylation sites is 1. The van der Waals surface area contributed by atoms with Crippen LogP contribution in [0.3, 0.4) is 0 Å². The maximum absolute atomic E-state index is 12.2. The van der Waals surface area contributed by atoms with Gasteiger partial charge < -0.3 is 14.5 Å². The van der Waals surface area contributed by atoms with Crippen LogP contribution in [0.15, 0.2) is 35.1 Å². The third-order valence-electron chi connectivity index (χ3n) is 3.83. The second kappa shape index (κ2) is 6.22. The summed E-state index contributed by atoms with van der Waals surface area (Å²) in [6, 6.07) is 8.03. The number of aryl methyl sites for hydroxylation is 1. The summed E-state index contributed by atoms with van der Waals surface area (Å²) in [5.41, 5.74) is 1.59. The monoisotopic (exact) mass is 300 g/mol. The van der Waals surface area contributed by atoms with Crippen LogP contribution in [-0.2, 0) is 6.42 Å². The standard InChI is InChI=1S/C17H20N2O3/c1-11(2)16-15(19-10-21-16)17(20)18-9-13-8-7-12-5-3-4-6-14(12)22-13/h3-6,10-11,13H,7-9H2,1-2H3,(H,18,20)/t13-/m1/s1. The highest BCUT2D eigenvalue weighted by molar-refractivity contribution is 5.93. The van der Waals surface area contributed by atoms with Gasteiger partial charge in [0.1, 0.15) is 17.6 Å². The number of benzene rings is 1. The number of rotatable bonds is 4. The van der Waals surface area contributed by atoms with Crippen LogP contribution in [-0.4, -0.2) is 23.5 Å². The van der Waals surface area contributed by atoms with Gasteiger partial charge in [-0.15, -0.1) is 0 Å². The Hall–Kier alpha value is -2.30. The van der Waals surface area contributed by atoms with Crippen LogP contribution in [0.1, 0.15) is 48.0 Å². The average Bonchev–Trinajstić information content (AvgIpc) is 3.02. The van der Waals surface area contributed by atoms with Crippen LogP contribution in [0.5, 0.6) is 5.75 Å². The molecule has 0 unspecified atom stereocenters. The molecule has 3 rings (SSSR count). The molecule has 0 spiro atoms. The molecule has 0 saturated carbocycles. The Kier molecular flexibility index (Phi) is 4.13. The summed E-state index contributed by atoms with van der Waals surface area (Å²) < 4.78 is 11.2. The van der Waals surface area contributed by atoms with E-state index in [4.69, 9.17) is 9.15 Å². The van der Waals surface area contributed by atoms with Gasteiger partial charge in [-0.3, -0.25) is 4.79 Å². The fourth-order valence-electron chi connectivity index (χ4n) is 2.65. The molecule has 1 amide bonds. The lowest BCUT2D eigenvalue weighted by Crippen LogP contribution is -2.37. The van der Waals surface area contributed by atoms with Gasteiger partial charge in [-0.05, 0) is 24.5 Å². The van der Waals surface area contributed by atoms with Gasteiger partial charge in [-0.2, -0.15) is 0 Å². The lowest BCUT2D eigenvalue weighted by atomic mass is 10.0.